The van der Waals surface area contributed by atoms with Gasteiger partial charge in [-0.1, -0.05) is 51.9 Å². The van der Waals surface area contributed by atoms with Crippen LogP contribution >= 0.6 is 15.9 Å². The fourth-order valence-electron chi connectivity index (χ4n) is 2.48. The molecule has 24 heavy (non-hydrogen) atoms. The number of fused-ring (bicyclic) bond motifs is 1. The van der Waals surface area contributed by atoms with Crippen molar-refractivity contribution >= 4 is 38.9 Å². The number of halogens is 1. The van der Waals surface area contributed by atoms with Gasteiger partial charge in [-0.15, -0.1) is 0 Å². The molecule has 126 valence electrons. The van der Waals surface area contributed by atoms with Crippen molar-refractivity contribution in [2.45, 2.75) is 26.7 Å². The quantitative estimate of drug-likeness (QED) is 0.588. The van der Waals surface area contributed by atoms with E-state index in [1.54, 1.807) is 18.2 Å². The van der Waals surface area contributed by atoms with Crippen LogP contribution in [0.1, 0.15) is 30.7 Å². The van der Waals surface area contributed by atoms with Gasteiger partial charge in [-0.2, -0.15) is 0 Å². The average Bonchev–Trinajstić information content (AvgIpc) is 2.54. The highest BCUT2D eigenvalue weighted by Gasteiger charge is 2.16. The molecule has 2 aromatic rings. The topological polar surface area (TPSA) is 67.5 Å². The van der Waals surface area contributed by atoms with E-state index in [0.29, 0.717) is 34.3 Å². The van der Waals surface area contributed by atoms with Gasteiger partial charge in [-0.05, 0) is 19.9 Å². The van der Waals surface area contributed by atoms with Crippen molar-refractivity contribution in [3.63, 3.8) is 0 Å². The maximum absolute atomic E-state index is 12.7. The minimum absolute atomic E-state index is 0.183. The summed E-state index contributed by atoms with van der Waals surface area (Å²) < 4.78 is 5.98. The number of para-hydroxylation sites is 1. The first-order valence-corrected chi connectivity index (χ1v) is 8.64. The lowest BCUT2D eigenvalue weighted by Gasteiger charge is -2.11. The predicted octanol–water partition coefficient (Wildman–Crippen LogP) is 4.34. The number of hydrogen-bond donors (Lipinski definition) is 1. The highest BCUT2D eigenvalue weighted by atomic mass is 79.9. The molecule has 0 unspecified atom stereocenters. The smallest absolute Gasteiger partial charge is 0.307 e. The molecule has 1 aromatic heterocycles. The van der Waals surface area contributed by atoms with Crippen LogP contribution in [0.15, 0.2) is 45.1 Å². The number of carbonyl (C=O) groups is 1. The van der Waals surface area contributed by atoms with Gasteiger partial charge in [0.05, 0.1) is 17.4 Å². The largest absolute Gasteiger partial charge is 0.481 e. The van der Waals surface area contributed by atoms with Gasteiger partial charge in [0.25, 0.3) is 0 Å². The van der Waals surface area contributed by atoms with Gasteiger partial charge in [0.2, 0.25) is 0 Å². The molecule has 0 fully saturated rings. The average molecular weight is 391 g/mol. The molecule has 0 saturated heterocycles. The standard InChI is InChI=1S/C19H19BrO4/c1-4-14-16(8-11(2)12(3)10-20)24-19-13(9-17(21)22)6-5-7-15(19)18(14)23/h4-7H,1,8-10H2,2-3H3,(H,21,22)/b12-11-. The Balaban J connectivity index is 2.73. The molecule has 0 aliphatic carbocycles. The molecule has 0 saturated carbocycles. The fourth-order valence-corrected chi connectivity index (χ4v) is 2.96. The minimum atomic E-state index is -0.967. The number of aliphatic carboxylic acids is 1. The first-order chi connectivity index (χ1) is 11.4. The summed E-state index contributed by atoms with van der Waals surface area (Å²) in [6, 6.07) is 4.99. The first-order valence-electron chi connectivity index (χ1n) is 7.52. The van der Waals surface area contributed by atoms with E-state index in [1.807, 2.05) is 13.8 Å². The highest BCUT2D eigenvalue weighted by molar-refractivity contribution is 9.09. The zero-order chi connectivity index (χ0) is 17.9. The molecule has 4 nitrogen and oxygen atoms in total. The van der Waals surface area contributed by atoms with E-state index in [0.717, 1.165) is 16.5 Å². The van der Waals surface area contributed by atoms with E-state index in [9.17, 15) is 9.59 Å². The maximum Gasteiger partial charge on any atom is 0.307 e. The molecule has 1 heterocycles. The fraction of sp³-hybridized carbons (Fsp3) is 0.263. The Hall–Kier alpha value is -2.14. The monoisotopic (exact) mass is 390 g/mol. The molecule has 0 bridgehead atoms. The molecular weight excluding hydrogens is 372 g/mol. The second-order valence-electron chi connectivity index (χ2n) is 5.71. The van der Waals surface area contributed by atoms with Gasteiger partial charge in [0.15, 0.2) is 5.43 Å². The SMILES string of the molecule is C=Cc1c(C/C(C)=C(/C)CBr)oc2c(CC(=O)O)cccc2c1=O. The van der Waals surface area contributed by atoms with Crippen molar-refractivity contribution in [1.82, 2.24) is 0 Å². The van der Waals surface area contributed by atoms with Crippen molar-refractivity contribution in [3.05, 3.63) is 63.0 Å². The van der Waals surface area contributed by atoms with E-state index in [2.05, 4.69) is 22.5 Å². The third-order valence-electron chi connectivity index (χ3n) is 4.01. The van der Waals surface area contributed by atoms with Crippen LogP contribution in [0.5, 0.6) is 0 Å². The summed E-state index contributed by atoms with van der Waals surface area (Å²) in [6.45, 7) is 7.71. The second-order valence-corrected chi connectivity index (χ2v) is 6.27. The number of hydrogen-bond acceptors (Lipinski definition) is 3. The predicted molar refractivity (Wildman–Crippen MR) is 99.8 cm³/mol. The molecule has 1 aromatic carbocycles. The van der Waals surface area contributed by atoms with E-state index < -0.39 is 5.97 Å². The summed E-state index contributed by atoms with van der Waals surface area (Å²) in [7, 11) is 0. The van der Waals surface area contributed by atoms with Crippen LogP contribution in [0.4, 0.5) is 0 Å². The Bertz CT molecular complexity index is 890. The van der Waals surface area contributed by atoms with Gasteiger partial charge >= 0.3 is 5.97 Å². The van der Waals surface area contributed by atoms with Crippen LogP contribution in [0, 0.1) is 0 Å². The van der Waals surface area contributed by atoms with Crippen LogP contribution < -0.4 is 5.43 Å². The zero-order valence-corrected chi connectivity index (χ0v) is 15.3. The number of rotatable bonds is 6. The Kier molecular flexibility index (Phi) is 5.78. The lowest BCUT2D eigenvalue weighted by atomic mass is 10.0. The Labute approximate surface area is 148 Å². The highest BCUT2D eigenvalue weighted by Crippen LogP contribution is 2.24. The van der Waals surface area contributed by atoms with Crippen molar-refractivity contribution in [1.29, 1.82) is 0 Å². The third kappa shape index (κ3) is 3.67. The third-order valence-corrected chi connectivity index (χ3v) is 4.85. The zero-order valence-electron chi connectivity index (χ0n) is 13.7. The number of benzene rings is 1. The van der Waals surface area contributed by atoms with E-state index in [4.69, 9.17) is 9.52 Å². The molecule has 5 heteroatoms. The van der Waals surface area contributed by atoms with Gasteiger partial charge in [0.1, 0.15) is 11.3 Å². The van der Waals surface area contributed by atoms with Crippen molar-refractivity contribution in [3.8, 4) is 0 Å². The van der Waals surface area contributed by atoms with Crippen molar-refractivity contribution in [2.75, 3.05) is 5.33 Å². The first kappa shape index (κ1) is 18.2. The summed E-state index contributed by atoms with van der Waals surface area (Å²) in [5.74, 6) is -0.455. The summed E-state index contributed by atoms with van der Waals surface area (Å²) in [4.78, 5) is 23.8. The number of allylic oxidation sites excluding steroid dienone is 2. The molecule has 0 aliphatic rings. The van der Waals surface area contributed by atoms with Crippen LogP contribution in [0.3, 0.4) is 0 Å². The van der Waals surface area contributed by atoms with Crippen LogP contribution in [-0.4, -0.2) is 16.4 Å². The Morgan fingerprint density at radius 2 is 2.00 bits per heavy atom. The second kappa shape index (κ2) is 7.62. The van der Waals surface area contributed by atoms with Crippen LogP contribution in [0.2, 0.25) is 0 Å². The van der Waals surface area contributed by atoms with Gasteiger partial charge < -0.3 is 9.52 Å². The van der Waals surface area contributed by atoms with Gasteiger partial charge in [-0.3, -0.25) is 9.59 Å². The summed E-state index contributed by atoms with van der Waals surface area (Å²) in [5, 5.41) is 10.2. The minimum Gasteiger partial charge on any atom is -0.481 e. The van der Waals surface area contributed by atoms with E-state index in [-0.39, 0.29) is 11.8 Å². The van der Waals surface area contributed by atoms with Crippen LogP contribution in [0.25, 0.3) is 17.0 Å². The van der Waals surface area contributed by atoms with E-state index >= 15 is 0 Å². The molecular formula is C19H19BrO4. The number of carboxylic acid groups (broad SMARTS) is 1. The summed E-state index contributed by atoms with van der Waals surface area (Å²) in [6.07, 6.45) is 1.79. The molecule has 1 N–H and O–H groups in total. The molecule has 0 atom stereocenters. The molecule has 2 rings (SSSR count). The maximum atomic E-state index is 12.7. The number of alkyl halides is 1. The lowest BCUT2D eigenvalue weighted by Crippen LogP contribution is -2.11. The molecule has 0 spiro atoms. The molecule has 0 amide bonds. The van der Waals surface area contributed by atoms with Crippen molar-refractivity contribution in [2.24, 2.45) is 0 Å². The van der Waals surface area contributed by atoms with Gasteiger partial charge in [0, 0.05) is 17.3 Å². The van der Waals surface area contributed by atoms with Gasteiger partial charge in [-0.25, -0.2) is 0 Å². The summed E-state index contributed by atoms with van der Waals surface area (Å²) in [5.41, 5.74) is 3.33. The summed E-state index contributed by atoms with van der Waals surface area (Å²) >= 11 is 3.42. The van der Waals surface area contributed by atoms with Crippen LogP contribution in [-0.2, 0) is 17.6 Å². The lowest BCUT2D eigenvalue weighted by molar-refractivity contribution is -0.136. The Morgan fingerprint density at radius 3 is 2.58 bits per heavy atom. The molecule has 0 aliphatic heterocycles. The molecule has 0 radical (unpaired) electrons. The number of carboxylic acids is 1. The Morgan fingerprint density at radius 1 is 1.29 bits per heavy atom. The van der Waals surface area contributed by atoms with Crippen molar-refractivity contribution < 1.29 is 14.3 Å². The van der Waals surface area contributed by atoms with E-state index in [1.165, 1.54) is 6.08 Å². The normalized spacial score (nSPS) is 12.1.